The van der Waals surface area contributed by atoms with Crippen LogP contribution in [0.5, 0.6) is 0 Å². The van der Waals surface area contributed by atoms with Crippen LogP contribution in [0, 0.1) is 0 Å². The van der Waals surface area contributed by atoms with Gasteiger partial charge in [0.25, 0.3) is 0 Å². The summed E-state index contributed by atoms with van der Waals surface area (Å²) in [6.07, 6.45) is 3.34. The third-order valence-corrected chi connectivity index (χ3v) is 6.00. The maximum atomic E-state index is 5.99. The molecule has 0 heterocycles. The number of hydrogen-bond donors (Lipinski definition) is 1. The molecular weight excluding hydrogens is 388 g/mol. The minimum absolute atomic E-state index is 0.265. The van der Waals surface area contributed by atoms with Crippen LogP contribution in [0.15, 0.2) is 27.1 Å². The zero-order valence-electron chi connectivity index (χ0n) is 11.7. The molecule has 0 aliphatic heterocycles. The van der Waals surface area contributed by atoms with Crippen molar-refractivity contribution in [3.63, 3.8) is 0 Å². The van der Waals surface area contributed by atoms with Gasteiger partial charge in [0.15, 0.2) is 0 Å². The van der Waals surface area contributed by atoms with Crippen LogP contribution in [0.25, 0.3) is 0 Å². The highest BCUT2D eigenvalue weighted by Crippen LogP contribution is 2.29. The minimum Gasteiger partial charge on any atom is -0.329 e. The molecule has 2 N–H and O–H groups in total. The van der Waals surface area contributed by atoms with Gasteiger partial charge < -0.3 is 5.73 Å². The number of rotatable bonds is 7. The van der Waals surface area contributed by atoms with Crippen molar-refractivity contribution in [2.24, 2.45) is 5.73 Å². The number of nitrogens with zero attached hydrogens (tertiary/aromatic N) is 1. The first-order valence-electron chi connectivity index (χ1n) is 6.37. The van der Waals surface area contributed by atoms with E-state index < -0.39 is 0 Å². The van der Waals surface area contributed by atoms with E-state index >= 15 is 0 Å². The first-order valence-corrected chi connectivity index (χ1v) is 9.35. The van der Waals surface area contributed by atoms with E-state index in [1.807, 2.05) is 11.8 Å². The second kappa shape index (κ2) is 8.67. The van der Waals surface area contributed by atoms with Crippen molar-refractivity contribution in [3.8, 4) is 0 Å². The molecule has 108 valence electrons. The van der Waals surface area contributed by atoms with Crippen molar-refractivity contribution in [3.05, 3.63) is 32.7 Å². The fourth-order valence-electron chi connectivity index (χ4n) is 2.06. The van der Waals surface area contributed by atoms with Gasteiger partial charge in [-0.2, -0.15) is 11.8 Å². The Morgan fingerprint density at radius 2 is 2.00 bits per heavy atom. The van der Waals surface area contributed by atoms with Gasteiger partial charge in [-0.25, -0.2) is 0 Å². The van der Waals surface area contributed by atoms with Gasteiger partial charge in [-0.3, -0.25) is 4.90 Å². The maximum absolute atomic E-state index is 5.99. The molecule has 0 aliphatic carbocycles. The number of thioether (sulfide) groups is 1. The van der Waals surface area contributed by atoms with Crippen LogP contribution < -0.4 is 5.73 Å². The van der Waals surface area contributed by atoms with Crippen molar-refractivity contribution in [2.45, 2.75) is 25.4 Å². The summed E-state index contributed by atoms with van der Waals surface area (Å²) >= 11 is 8.96. The molecule has 0 aromatic heterocycles. The van der Waals surface area contributed by atoms with E-state index in [2.05, 4.69) is 75.2 Å². The van der Waals surface area contributed by atoms with Gasteiger partial charge in [0, 0.05) is 27.6 Å². The van der Waals surface area contributed by atoms with E-state index in [1.165, 1.54) is 17.7 Å². The van der Waals surface area contributed by atoms with E-state index in [0.29, 0.717) is 12.6 Å². The third kappa shape index (κ3) is 5.05. The lowest BCUT2D eigenvalue weighted by Gasteiger charge is -2.33. The predicted octanol–water partition coefficient (Wildman–Crippen LogP) is 4.28. The summed E-state index contributed by atoms with van der Waals surface area (Å²) in [5.41, 5.74) is 7.25. The molecule has 5 heteroatoms. The molecule has 0 bridgehead atoms. The summed E-state index contributed by atoms with van der Waals surface area (Å²) in [4.78, 5) is 2.38. The smallest absolute Gasteiger partial charge is 0.0470 e. The standard InChI is InChI=1S/C14H22Br2N2S/c1-10(6-7-19-3)18(2)14(9-17)11-4-5-12(15)13(16)8-11/h4-5,8,10,14H,6-7,9,17H2,1-3H3. The average Bonchev–Trinajstić information content (AvgIpc) is 2.40. The molecule has 0 amide bonds. The van der Waals surface area contributed by atoms with Gasteiger partial charge in [-0.15, -0.1) is 0 Å². The Kier molecular flexibility index (Phi) is 7.99. The first-order chi connectivity index (χ1) is 9.01. The summed E-state index contributed by atoms with van der Waals surface area (Å²) in [6.45, 7) is 2.90. The van der Waals surface area contributed by atoms with Crippen LogP contribution in [0.1, 0.15) is 24.9 Å². The van der Waals surface area contributed by atoms with Crippen LogP contribution in [0.4, 0.5) is 0 Å². The van der Waals surface area contributed by atoms with Crippen molar-refractivity contribution in [1.29, 1.82) is 0 Å². The Morgan fingerprint density at radius 3 is 2.53 bits per heavy atom. The molecular formula is C14H22Br2N2S. The van der Waals surface area contributed by atoms with Crippen molar-refractivity contribution in [1.82, 2.24) is 4.90 Å². The summed E-state index contributed by atoms with van der Waals surface area (Å²) in [5, 5.41) is 0. The highest BCUT2D eigenvalue weighted by molar-refractivity contribution is 9.13. The zero-order valence-corrected chi connectivity index (χ0v) is 15.7. The van der Waals surface area contributed by atoms with Gasteiger partial charge in [0.05, 0.1) is 0 Å². The summed E-state index contributed by atoms with van der Waals surface area (Å²) in [6, 6.07) is 7.16. The fourth-order valence-corrected chi connectivity index (χ4v) is 3.28. The Bertz CT molecular complexity index is 401. The molecule has 1 rings (SSSR count). The van der Waals surface area contributed by atoms with E-state index in [9.17, 15) is 0 Å². The SMILES string of the molecule is CSCCC(C)N(C)C(CN)c1ccc(Br)c(Br)c1. The number of likely N-dealkylation sites (N-methyl/N-ethyl adjacent to an activating group) is 1. The molecule has 1 aromatic carbocycles. The number of halogens is 2. The van der Waals surface area contributed by atoms with Gasteiger partial charge in [0.1, 0.15) is 0 Å². The summed E-state index contributed by atoms with van der Waals surface area (Å²) < 4.78 is 2.15. The Balaban J connectivity index is 2.83. The average molecular weight is 410 g/mol. The van der Waals surface area contributed by atoms with Crippen LogP contribution in [-0.4, -0.2) is 36.5 Å². The van der Waals surface area contributed by atoms with Gasteiger partial charge in [0.2, 0.25) is 0 Å². The Labute approximate surface area is 137 Å². The first kappa shape index (κ1) is 17.5. The van der Waals surface area contributed by atoms with E-state index in [1.54, 1.807) is 0 Å². The lowest BCUT2D eigenvalue weighted by atomic mass is 10.0. The molecule has 1 aromatic rings. The van der Waals surface area contributed by atoms with E-state index in [0.717, 1.165) is 8.95 Å². The third-order valence-electron chi connectivity index (χ3n) is 3.48. The number of nitrogens with two attached hydrogens (primary N) is 1. The second-order valence-corrected chi connectivity index (χ2v) is 7.42. The Morgan fingerprint density at radius 1 is 1.32 bits per heavy atom. The van der Waals surface area contributed by atoms with Crippen molar-refractivity contribution < 1.29 is 0 Å². The molecule has 2 atom stereocenters. The maximum Gasteiger partial charge on any atom is 0.0470 e. The normalized spacial score (nSPS) is 14.7. The lowest BCUT2D eigenvalue weighted by Crippen LogP contribution is -2.37. The molecule has 0 aliphatic rings. The van der Waals surface area contributed by atoms with E-state index in [-0.39, 0.29) is 6.04 Å². The lowest BCUT2D eigenvalue weighted by molar-refractivity contribution is 0.185. The van der Waals surface area contributed by atoms with Crippen LogP contribution in [0.3, 0.4) is 0 Å². The molecule has 19 heavy (non-hydrogen) atoms. The largest absolute Gasteiger partial charge is 0.329 e. The topological polar surface area (TPSA) is 29.3 Å². The highest BCUT2D eigenvalue weighted by atomic mass is 79.9. The van der Waals surface area contributed by atoms with Crippen molar-refractivity contribution in [2.75, 3.05) is 25.6 Å². The number of benzene rings is 1. The molecule has 0 saturated heterocycles. The predicted molar refractivity (Wildman–Crippen MR) is 93.9 cm³/mol. The van der Waals surface area contributed by atoms with Crippen LogP contribution in [-0.2, 0) is 0 Å². The Hall–Kier alpha value is 0.450. The zero-order chi connectivity index (χ0) is 14.4. The highest BCUT2D eigenvalue weighted by Gasteiger charge is 2.20. The molecule has 2 nitrogen and oxygen atoms in total. The fraction of sp³-hybridized carbons (Fsp3) is 0.571. The molecule has 0 fully saturated rings. The van der Waals surface area contributed by atoms with Gasteiger partial charge in [-0.1, -0.05) is 6.07 Å². The minimum atomic E-state index is 0.265. The summed E-state index contributed by atoms with van der Waals surface area (Å²) in [7, 11) is 2.17. The second-order valence-electron chi connectivity index (χ2n) is 4.72. The van der Waals surface area contributed by atoms with Gasteiger partial charge >= 0.3 is 0 Å². The molecule has 0 radical (unpaired) electrons. The molecule has 0 spiro atoms. The quantitative estimate of drug-likeness (QED) is 0.728. The van der Waals surface area contributed by atoms with Crippen molar-refractivity contribution >= 4 is 43.6 Å². The monoisotopic (exact) mass is 408 g/mol. The van der Waals surface area contributed by atoms with Gasteiger partial charge in [-0.05, 0) is 82.0 Å². The summed E-state index contributed by atoms with van der Waals surface area (Å²) in [5.74, 6) is 1.19. The molecule has 0 saturated carbocycles. The number of hydrogen-bond acceptors (Lipinski definition) is 3. The molecule has 2 unspecified atom stereocenters. The van der Waals surface area contributed by atoms with Crippen LogP contribution >= 0.6 is 43.6 Å². The van der Waals surface area contributed by atoms with E-state index in [4.69, 9.17) is 5.73 Å². The van der Waals surface area contributed by atoms with Crippen LogP contribution in [0.2, 0.25) is 0 Å².